The van der Waals surface area contributed by atoms with Gasteiger partial charge in [0.05, 0.1) is 0 Å². The summed E-state index contributed by atoms with van der Waals surface area (Å²) >= 11 is 0. The normalized spacial score (nSPS) is 12.8. The van der Waals surface area contributed by atoms with E-state index in [0.717, 1.165) is 5.92 Å². The summed E-state index contributed by atoms with van der Waals surface area (Å²) in [5, 5.41) is 0. The van der Waals surface area contributed by atoms with Gasteiger partial charge >= 0.3 is 0 Å². The first-order valence-corrected chi connectivity index (χ1v) is 8.85. The van der Waals surface area contributed by atoms with E-state index in [9.17, 15) is 0 Å². The predicted octanol–water partition coefficient (Wildman–Crippen LogP) is 7.12. The zero-order valence-electron chi connectivity index (χ0n) is 13.5. The van der Waals surface area contributed by atoms with Gasteiger partial charge in [-0.25, -0.2) is 0 Å². The minimum atomic E-state index is 1.04. The number of hydrogen-bond donors (Lipinski definition) is 0. The first kappa shape index (κ1) is 18.0. The molecule has 0 saturated carbocycles. The molecule has 0 aromatic heterocycles. The molecular formula is C18H38. The van der Waals surface area contributed by atoms with Crippen LogP contribution in [0.2, 0.25) is 0 Å². The highest BCUT2D eigenvalue weighted by molar-refractivity contribution is 4.59. The zero-order chi connectivity index (χ0) is 13.5. The lowest BCUT2D eigenvalue weighted by molar-refractivity contribution is 0.383. The van der Waals surface area contributed by atoms with E-state index in [1.165, 1.54) is 89.9 Å². The topological polar surface area (TPSA) is 0 Å². The molecule has 0 nitrogen and oxygen atoms in total. The Morgan fingerprint density at radius 3 is 1.50 bits per heavy atom. The van der Waals surface area contributed by atoms with E-state index in [4.69, 9.17) is 0 Å². The molecule has 0 fully saturated rings. The molecule has 1 unspecified atom stereocenters. The highest BCUT2D eigenvalue weighted by atomic mass is 14.1. The van der Waals surface area contributed by atoms with Crippen LogP contribution in [0.3, 0.4) is 0 Å². The molecule has 0 aromatic rings. The first-order valence-electron chi connectivity index (χ1n) is 8.85. The number of hydrogen-bond acceptors (Lipinski definition) is 0. The first-order chi connectivity index (χ1) is 8.85. The molecule has 110 valence electrons. The van der Waals surface area contributed by atoms with Crippen molar-refractivity contribution in [3.05, 3.63) is 0 Å². The Morgan fingerprint density at radius 2 is 0.944 bits per heavy atom. The van der Waals surface area contributed by atoms with Crippen molar-refractivity contribution in [2.24, 2.45) is 5.92 Å². The SMILES string of the molecule is CCCCCCCCCCC(CCC)CCCC. The minimum absolute atomic E-state index is 1.04. The van der Waals surface area contributed by atoms with Crippen molar-refractivity contribution in [2.75, 3.05) is 0 Å². The molecule has 0 N–H and O–H groups in total. The van der Waals surface area contributed by atoms with Crippen molar-refractivity contribution in [3.63, 3.8) is 0 Å². The Balaban J connectivity index is 3.31. The summed E-state index contributed by atoms with van der Waals surface area (Å²) in [5.74, 6) is 1.04. The molecule has 0 rings (SSSR count). The van der Waals surface area contributed by atoms with E-state index < -0.39 is 0 Å². The third-order valence-corrected chi connectivity index (χ3v) is 4.13. The summed E-state index contributed by atoms with van der Waals surface area (Å²) in [6.07, 6.45) is 20.3. The summed E-state index contributed by atoms with van der Waals surface area (Å²) in [6.45, 7) is 6.95. The maximum absolute atomic E-state index is 2.34. The van der Waals surface area contributed by atoms with E-state index in [0.29, 0.717) is 0 Å². The molecule has 0 spiro atoms. The molecule has 0 bridgehead atoms. The van der Waals surface area contributed by atoms with E-state index in [2.05, 4.69) is 20.8 Å². The summed E-state index contributed by atoms with van der Waals surface area (Å²) < 4.78 is 0. The monoisotopic (exact) mass is 254 g/mol. The third-order valence-electron chi connectivity index (χ3n) is 4.13. The van der Waals surface area contributed by atoms with Crippen LogP contribution in [0.25, 0.3) is 0 Å². The fourth-order valence-electron chi connectivity index (χ4n) is 2.90. The smallest absolute Gasteiger partial charge is 0.0414 e. The molecule has 0 heteroatoms. The Morgan fingerprint density at radius 1 is 0.444 bits per heavy atom. The molecule has 0 radical (unpaired) electrons. The van der Waals surface area contributed by atoms with Crippen LogP contribution in [0.4, 0.5) is 0 Å². The molecule has 0 aliphatic carbocycles. The quantitative estimate of drug-likeness (QED) is 0.289. The largest absolute Gasteiger partial charge is 0.0654 e. The lowest BCUT2D eigenvalue weighted by atomic mass is 9.91. The molecule has 0 amide bonds. The molecule has 1 atom stereocenters. The van der Waals surface area contributed by atoms with Crippen LogP contribution < -0.4 is 0 Å². The lowest BCUT2D eigenvalue weighted by Crippen LogP contribution is -2.00. The van der Waals surface area contributed by atoms with Gasteiger partial charge in [0.25, 0.3) is 0 Å². The molecule has 0 aliphatic heterocycles. The summed E-state index contributed by atoms with van der Waals surface area (Å²) in [6, 6.07) is 0. The second kappa shape index (κ2) is 15.1. The van der Waals surface area contributed by atoms with Gasteiger partial charge in [-0.05, 0) is 5.92 Å². The Labute approximate surface area is 117 Å². The average molecular weight is 255 g/mol. The molecule has 0 aliphatic rings. The van der Waals surface area contributed by atoms with Crippen LogP contribution in [-0.2, 0) is 0 Å². The van der Waals surface area contributed by atoms with Gasteiger partial charge in [0.2, 0.25) is 0 Å². The van der Waals surface area contributed by atoms with Crippen LogP contribution in [0.5, 0.6) is 0 Å². The van der Waals surface area contributed by atoms with Crippen molar-refractivity contribution >= 4 is 0 Å². The van der Waals surface area contributed by atoms with Gasteiger partial charge in [-0.3, -0.25) is 0 Å². The number of rotatable bonds is 14. The molecule has 18 heavy (non-hydrogen) atoms. The fraction of sp³-hybridized carbons (Fsp3) is 1.00. The highest BCUT2D eigenvalue weighted by Gasteiger charge is 2.06. The van der Waals surface area contributed by atoms with Crippen molar-refractivity contribution in [3.8, 4) is 0 Å². The van der Waals surface area contributed by atoms with Crippen molar-refractivity contribution in [1.82, 2.24) is 0 Å². The Hall–Kier alpha value is 0. The van der Waals surface area contributed by atoms with Crippen molar-refractivity contribution in [1.29, 1.82) is 0 Å². The average Bonchev–Trinajstić information content (AvgIpc) is 2.39. The van der Waals surface area contributed by atoms with E-state index >= 15 is 0 Å². The molecule has 0 heterocycles. The summed E-state index contributed by atoms with van der Waals surface area (Å²) in [7, 11) is 0. The van der Waals surface area contributed by atoms with E-state index in [1.807, 2.05) is 0 Å². The fourth-order valence-corrected chi connectivity index (χ4v) is 2.90. The van der Waals surface area contributed by atoms with Crippen LogP contribution in [0.15, 0.2) is 0 Å². The Bertz CT molecular complexity index is 139. The molecular weight excluding hydrogens is 216 g/mol. The standard InChI is InChI=1S/C18H38/c1-4-7-9-10-11-12-13-14-17-18(15-6-3)16-8-5-2/h18H,4-17H2,1-3H3. The van der Waals surface area contributed by atoms with Crippen LogP contribution >= 0.6 is 0 Å². The molecule has 0 aromatic carbocycles. The van der Waals surface area contributed by atoms with E-state index in [1.54, 1.807) is 0 Å². The third kappa shape index (κ3) is 12.5. The second-order valence-electron chi connectivity index (χ2n) is 6.06. The van der Waals surface area contributed by atoms with Crippen molar-refractivity contribution < 1.29 is 0 Å². The molecule has 0 saturated heterocycles. The predicted molar refractivity (Wildman–Crippen MR) is 85.2 cm³/mol. The number of unbranched alkanes of at least 4 members (excludes halogenated alkanes) is 8. The van der Waals surface area contributed by atoms with Crippen molar-refractivity contribution in [2.45, 2.75) is 111 Å². The lowest BCUT2D eigenvalue weighted by Gasteiger charge is -2.15. The van der Waals surface area contributed by atoms with Crippen LogP contribution in [0, 0.1) is 5.92 Å². The summed E-state index contributed by atoms with van der Waals surface area (Å²) in [5.41, 5.74) is 0. The van der Waals surface area contributed by atoms with Gasteiger partial charge in [0, 0.05) is 0 Å². The maximum atomic E-state index is 2.34. The van der Waals surface area contributed by atoms with E-state index in [-0.39, 0.29) is 0 Å². The van der Waals surface area contributed by atoms with Gasteiger partial charge in [0.15, 0.2) is 0 Å². The van der Waals surface area contributed by atoms with Gasteiger partial charge in [0.1, 0.15) is 0 Å². The minimum Gasteiger partial charge on any atom is -0.0654 e. The van der Waals surface area contributed by atoms with Gasteiger partial charge < -0.3 is 0 Å². The zero-order valence-corrected chi connectivity index (χ0v) is 13.5. The van der Waals surface area contributed by atoms with Gasteiger partial charge in [-0.2, -0.15) is 0 Å². The highest BCUT2D eigenvalue weighted by Crippen LogP contribution is 2.22. The second-order valence-corrected chi connectivity index (χ2v) is 6.06. The van der Waals surface area contributed by atoms with Crippen LogP contribution in [-0.4, -0.2) is 0 Å². The maximum Gasteiger partial charge on any atom is -0.0414 e. The van der Waals surface area contributed by atoms with Gasteiger partial charge in [-0.15, -0.1) is 0 Å². The van der Waals surface area contributed by atoms with Gasteiger partial charge in [-0.1, -0.05) is 111 Å². The Kier molecular flexibility index (Phi) is 15.1. The van der Waals surface area contributed by atoms with Crippen LogP contribution in [0.1, 0.15) is 111 Å². The summed E-state index contributed by atoms with van der Waals surface area (Å²) in [4.78, 5) is 0.